The summed E-state index contributed by atoms with van der Waals surface area (Å²) in [6.07, 6.45) is 26.4. The molecule has 406 valence electrons. The van der Waals surface area contributed by atoms with Crippen molar-refractivity contribution in [1.82, 2.24) is 0 Å². The molecule has 9 nitrogen and oxygen atoms in total. The number of ether oxygens (including phenoxy) is 9. The van der Waals surface area contributed by atoms with Crippen LogP contribution in [0, 0.1) is 70.0 Å². The van der Waals surface area contributed by atoms with Gasteiger partial charge >= 0.3 is 0 Å². The number of epoxide rings is 2. The molecule has 69 heavy (non-hydrogen) atoms. The Bertz CT molecular complexity index is 1360. The first kappa shape index (κ1) is 59.5. The van der Waals surface area contributed by atoms with Crippen molar-refractivity contribution in [1.29, 1.82) is 0 Å². The molecule has 5 saturated heterocycles. The fourth-order valence-corrected chi connectivity index (χ4v) is 12.5. The topological polar surface area (TPSA) is 89.7 Å². The van der Waals surface area contributed by atoms with E-state index in [4.69, 9.17) is 42.6 Å². The van der Waals surface area contributed by atoms with E-state index in [2.05, 4.69) is 69.2 Å². The van der Waals surface area contributed by atoms with Gasteiger partial charge in [-0.2, -0.15) is 0 Å². The molecule has 5 heterocycles. The van der Waals surface area contributed by atoms with Gasteiger partial charge in [-0.25, -0.2) is 0 Å². The number of fused-ring (bicyclic) bond motifs is 7. The molecule has 0 N–H and O–H groups in total. The molecule has 0 radical (unpaired) electrons. The van der Waals surface area contributed by atoms with Crippen molar-refractivity contribution < 1.29 is 42.6 Å². The maximum atomic E-state index is 5.69. The second kappa shape index (κ2) is 29.1. The Hall–Kier alpha value is -0.360. The largest absolute Gasteiger partial charge is 0.381 e. The Morgan fingerprint density at radius 1 is 0.580 bits per heavy atom. The van der Waals surface area contributed by atoms with Crippen LogP contribution >= 0.6 is 0 Å². The predicted octanol–water partition coefficient (Wildman–Crippen LogP) is 14.2. The molecule has 0 spiro atoms. The minimum absolute atomic E-state index is 0.116. The summed E-state index contributed by atoms with van der Waals surface area (Å²) in [6, 6.07) is 0. The molecule has 11 fully saturated rings. The monoisotopic (exact) mass is 977 g/mol. The second-order valence-electron chi connectivity index (χ2n) is 24.5. The lowest BCUT2D eigenvalue weighted by Crippen LogP contribution is -2.45. The maximum absolute atomic E-state index is 5.69. The van der Waals surface area contributed by atoms with E-state index in [0.717, 1.165) is 103 Å². The van der Waals surface area contributed by atoms with Crippen LogP contribution in [0.5, 0.6) is 0 Å². The zero-order valence-electron chi connectivity index (χ0n) is 47.4. The Morgan fingerprint density at radius 2 is 1.25 bits per heavy atom. The van der Waals surface area contributed by atoms with Crippen LogP contribution in [0.2, 0.25) is 0 Å². The highest BCUT2D eigenvalue weighted by Crippen LogP contribution is 2.68. The van der Waals surface area contributed by atoms with Crippen molar-refractivity contribution in [3.05, 3.63) is 0 Å². The number of rotatable bonds is 18. The molecule has 11 aliphatic rings. The molecular weight excluding hydrogens is 865 g/mol. The van der Waals surface area contributed by atoms with Gasteiger partial charge in [0.1, 0.15) is 12.2 Å². The van der Waals surface area contributed by atoms with E-state index in [1.165, 1.54) is 99.7 Å². The molecule has 0 aromatic rings. The minimum Gasteiger partial charge on any atom is -0.381 e. The smallest absolute Gasteiger partial charge is 0.163 e. The zero-order chi connectivity index (χ0) is 50.1. The van der Waals surface area contributed by atoms with Gasteiger partial charge in [0, 0.05) is 30.7 Å². The molecular formula is C60H112O9. The molecule has 6 aliphatic carbocycles. The van der Waals surface area contributed by atoms with Crippen LogP contribution in [-0.2, 0) is 42.6 Å². The molecule has 11 rings (SSSR count). The Kier molecular flexibility index (Phi) is 25.1. The van der Waals surface area contributed by atoms with Crippen LogP contribution in [0.1, 0.15) is 206 Å². The zero-order valence-corrected chi connectivity index (χ0v) is 47.4. The Morgan fingerprint density at radius 3 is 1.71 bits per heavy atom. The van der Waals surface area contributed by atoms with Crippen molar-refractivity contribution in [2.45, 2.75) is 235 Å². The van der Waals surface area contributed by atoms with Crippen LogP contribution in [-0.4, -0.2) is 109 Å². The van der Waals surface area contributed by atoms with E-state index in [-0.39, 0.29) is 6.10 Å². The number of hydrogen-bond donors (Lipinski definition) is 0. The SMILES string of the molecule is CCC(C)C1CC[C@]2(C)OC2C1.CCC1(CC)COC1.CCC1CC2CC1C1CC21.CCC1CCC2CC2C1.CCCOCC1(CC)COC1.CCCOCC1CO1.CCOCC1COC(C)(C)O1. The standard InChI is InChI=1S/C11H20O.C10H16.C9H18O2.C9H16.C8H16O3.C7H14O.C6H12O2/c1-4-8(2)9-5-6-11(3)10(7-9)12-11;1-2-6-3-7-4-8(6)10-5-9(7)10;1-3-5-10-6-9(4-2)7-11-8-9;1-2-7-3-4-8-6-9(8)5-7;1-4-9-5-7-6-10-8(2,3)11-7;1-3-7(4-2)5-8-6-7;1-2-3-7-4-6-5-8-6/h8-10H,4-7H2,1-3H3;6-10H,2-5H2,1H3;3-8H2,1-2H3;7-9H,2-6H2,1H3;7H,4-6H2,1-3H3;3-6H2,1-2H3;6H,2-5H2,1H3/t8?,9?,10?,11-;;;;;;/m0....../s1. The van der Waals surface area contributed by atoms with Crippen molar-refractivity contribution in [3.8, 4) is 0 Å². The summed E-state index contributed by atoms with van der Waals surface area (Å²) in [6.45, 7) is 38.6. The predicted molar refractivity (Wildman–Crippen MR) is 282 cm³/mol. The molecule has 0 aromatic carbocycles. The lowest BCUT2D eigenvalue weighted by atomic mass is 9.76. The van der Waals surface area contributed by atoms with E-state index < -0.39 is 5.79 Å². The van der Waals surface area contributed by atoms with Gasteiger partial charge in [-0.05, 0) is 177 Å². The minimum atomic E-state index is -0.415. The third-order valence-electron chi connectivity index (χ3n) is 18.9. The summed E-state index contributed by atoms with van der Waals surface area (Å²) in [4.78, 5) is 0. The normalized spacial score (nSPS) is 37.7. The van der Waals surface area contributed by atoms with Crippen LogP contribution < -0.4 is 0 Å². The molecule has 14 atom stereocenters. The van der Waals surface area contributed by atoms with E-state index in [1.807, 2.05) is 20.8 Å². The van der Waals surface area contributed by atoms with Crippen molar-refractivity contribution in [2.24, 2.45) is 70.0 Å². The number of hydrogen-bond acceptors (Lipinski definition) is 9. The summed E-state index contributed by atoms with van der Waals surface area (Å²) in [7, 11) is 0. The van der Waals surface area contributed by atoms with Crippen LogP contribution in [0.3, 0.4) is 0 Å². The van der Waals surface area contributed by atoms with Crippen LogP contribution in [0.15, 0.2) is 0 Å². The molecule has 0 amide bonds. The van der Waals surface area contributed by atoms with E-state index in [1.54, 1.807) is 38.5 Å². The van der Waals surface area contributed by atoms with Crippen molar-refractivity contribution in [3.63, 3.8) is 0 Å². The van der Waals surface area contributed by atoms with Gasteiger partial charge in [-0.3, -0.25) is 0 Å². The van der Waals surface area contributed by atoms with Gasteiger partial charge in [0.05, 0.1) is 71.2 Å². The highest BCUT2D eigenvalue weighted by Gasteiger charge is 2.60. The van der Waals surface area contributed by atoms with Crippen LogP contribution in [0.4, 0.5) is 0 Å². The molecule has 13 unspecified atom stereocenters. The van der Waals surface area contributed by atoms with E-state index >= 15 is 0 Å². The first-order chi connectivity index (χ1) is 33.2. The van der Waals surface area contributed by atoms with Gasteiger partial charge in [0.2, 0.25) is 0 Å². The van der Waals surface area contributed by atoms with Gasteiger partial charge in [0.15, 0.2) is 5.79 Å². The highest BCUT2D eigenvalue weighted by molar-refractivity contribution is 5.09. The van der Waals surface area contributed by atoms with Gasteiger partial charge in [0.25, 0.3) is 0 Å². The van der Waals surface area contributed by atoms with E-state index in [9.17, 15) is 0 Å². The lowest BCUT2D eigenvalue weighted by molar-refractivity contribution is -0.150. The summed E-state index contributed by atoms with van der Waals surface area (Å²) in [5.41, 5.74) is 1.26. The average Bonchev–Trinajstić information content (AvgIpc) is 4.23. The fraction of sp³-hybridized carbons (Fsp3) is 1.00. The maximum Gasteiger partial charge on any atom is 0.163 e. The molecule has 6 saturated carbocycles. The van der Waals surface area contributed by atoms with Gasteiger partial charge in [-0.15, -0.1) is 0 Å². The van der Waals surface area contributed by atoms with Crippen molar-refractivity contribution >= 4 is 0 Å². The first-order valence-corrected chi connectivity index (χ1v) is 29.7. The summed E-state index contributed by atoms with van der Waals surface area (Å²) >= 11 is 0. The van der Waals surface area contributed by atoms with Gasteiger partial charge < -0.3 is 42.6 Å². The van der Waals surface area contributed by atoms with Gasteiger partial charge in [-0.1, -0.05) is 88.0 Å². The molecule has 9 heteroatoms. The molecule has 2 bridgehead atoms. The first-order valence-electron chi connectivity index (χ1n) is 29.7. The summed E-state index contributed by atoms with van der Waals surface area (Å²) in [5.74, 6) is 10.9. The summed E-state index contributed by atoms with van der Waals surface area (Å²) < 4.78 is 47.7. The van der Waals surface area contributed by atoms with Crippen molar-refractivity contribution in [2.75, 3.05) is 79.3 Å². The molecule has 0 aromatic heterocycles. The summed E-state index contributed by atoms with van der Waals surface area (Å²) in [5, 5.41) is 0. The Labute approximate surface area is 425 Å². The second-order valence-corrected chi connectivity index (χ2v) is 24.5. The lowest BCUT2D eigenvalue weighted by Gasteiger charge is -2.40. The van der Waals surface area contributed by atoms with E-state index in [0.29, 0.717) is 41.9 Å². The quantitative estimate of drug-likeness (QED) is 0.0984. The third kappa shape index (κ3) is 19.1. The highest BCUT2D eigenvalue weighted by atomic mass is 16.7. The average molecular weight is 978 g/mol. The fourth-order valence-electron chi connectivity index (χ4n) is 12.5. The molecule has 5 aliphatic heterocycles. The third-order valence-corrected chi connectivity index (χ3v) is 18.9. The van der Waals surface area contributed by atoms with Crippen LogP contribution in [0.25, 0.3) is 0 Å². The Balaban J connectivity index is 0.000000151.